The van der Waals surface area contributed by atoms with Crippen LogP contribution >= 0.6 is 0 Å². The Morgan fingerprint density at radius 1 is 1.15 bits per heavy atom. The number of anilines is 2. The van der Waals surface area contributed by atoms with Gasteiger partial charge in [-0.1, -0.05) is 6.92 Å². The van der Waals surface area contributed by atoms with E-state index in [9.17, 15) is 4.79 Å². The average Bonchev–Trinajstić information content (AvgIpc) is 3.39. The number of rotatable bonds is 3. The van der Waals surface area contributed by atoms with Crippen molar-refractivity contribution in [2.75, 3.05) is 22.9 Å². The van der Waals surface area contributed by atoms with Gasteiger partial charge in [0.25, 0.3) is 5.91 Å². The number of pyridine rings is 1. The van der Waals surface area contributed by atoms with Gasteiger partial charge in [-0.25, -0.2) is 14.6 Å². The number of fused-ring (bicyclic) bond motifs is 1. The first-order valence-corrected chi connectivity index (χ1v) is 9.07. The molecule has 136 valence electrons. The molecule has 27 heavy (non-hydrogen) atoms. The van der Waals surface area contributed by atoms with E-state index in [0.717, 1.165) is 30.3 Å². The normalized spacial score (nSPS) is 19.0. The highest BCUT2D eigenvalue weighted by atomic mass is 16.2. The van der Waals surface area contributed by atoms with Crippen molar-refractivity contribution in [2.45, 2.75) is 19.9 Å². The van der Waals surface area contributed by atoms with Crippen LogP contribution in [0.1, 0.15) is 29.4 Å². The van der Waals surface area contributed by atoms with E-state index < -0.39 is 0 Å². The van der Waals surface area contributed by atoms with Crippen LogP contribution in [0.4, 0.5) is 11.5 Å². The average molecular weight is 361 g/mol. The number of amides is 1. The summed E-state index contributed by atoms with van der Waals surface area (Å²) in [6.45, 7) is 4.72. The van der Waals surface area contributed by atoms with Crippen molar-refractivity contribution in [3.05, 3.63) is 54.4 Å². The lowest BCUT2D eigenvalue weighted by molar-refractivity contribution is 0.0996. The van der Waals surface area contributed by atoms with E-state index in [2.05, 4.69) is 31.9 Å². The van der Waals surface area contributed by atoms with Crippen molar-refractivity contribution >= 4 is 17.4 Å². The minimum atomic E-state index is -0.0696. The minimum absolute atomic E-state index is 0.0696. The summed E-state index contributed by atoms with van der Waals surface area (Å²) in [6.07, 6.45) is 9.78. The third kappa shape index (κ3) is 2.73. The van der Waals surface area contributed by atoms with Gasteiger partial charge in [0.15, 0.2) is 5.82 Å². The second kappa shape index (κ2) is 6.15. The summed E-state index contributed by atoms with van der Waals surface area (Å²) in [7, 11) is 0. The fraction of sp³-hybridized carbons (Fsp3) is 0.316. The number of nitrogens with zero attached hydrogens (tertiary/aromatic N) is 7. The molecule has 0 aliphatic carbocycles. The van der Waals surface area contributed by atoms with Crippen molar-refractivity contribution in [1.82, 2.24) is 24.7 Å². The van der Waals surface area contributed by atoms with Crippen LogP contribution in [-0.4, -0.2) is 43.7 Å². The molecule has 0 radical (unpaired) electrons. The maximum absolute atomic E-state index is 12.7. The molecule has 0 bridgehead atoms. The topological polar surface area (TPSA) is 80.0 Å². The lowest BCUT2D eigenvalue weighted by Gasteiger charge is -2.16. The molecular formula is C19H19N7O. The molecule has 0 aromatic carbocycles. The zero-order valence-electron chi connectivity index (χ0n) is 15.0. The van der Waals surface area contributed by atoms with Gasteiger partial charge in [0.05, 0.1) is 42.1 Å². The smallest absolute Gasteiger partial charge is 0.262 e. The highest BCUT2D eigenvalue weighted by Gasteiger charge is 2.32. The maximum Gasteiger partial charge on any atom is 0.262 e. The first kappa shape index (κ1) is 15.9. The van der Waals surface area contributed by atoms with Crippen LogP contribution in [0, 0.1) is 5.92 Å². The molecular weight excluding hydrogens is 342 g/mol. The van der Waals surface area contributed by atoms with Crippen LogP contribution in [0.25, 0.3) is 5.82 Å². The monoisotopic (exact) mass is 361 g/mol. The number of carbonyl (C=O) groups is 1. The van der Waals surface area contributed by atoms with E-state index in [0.29, 0.717) is 23.8 Å². The first-order valence-electron chi connectivity index (χ1n) is 9.07. The molecule has 0 saturated carbocycles. The molecule has 5 heterocycles. The fourth-order valence-electron chi connectivity index (χ4n) is 3.65. The van der Waals surface area contributed by atoms with E-state index in [-0.39, 0.29) is 5.91 Å². The summed E-state index contributed by atoms with van der Waals surface area (Å²) >= 11 is 0. The number of carbonyl (C=O) groups excluding carboxylic acids is 1. The summed E-state index contributed by atoms with van der Waals surface area (Å²) in [5.74, 6) is 2.12. The van der Waals surface area contributed by atoms with Crippen LogP contribution < -0.4 is 9.80 Å². The molecule has 3 aromatic heterocycles. The molecule has 8 nitrogen and oxygen atoms in total. The summed E-state index contributed by atoms with van der Waals surface area (Å²) < 4.78 is 1.63. The predicted octanol–water partition coefficient (Wildman–Crippen LogP) is 2.06. The van der Waals surface area contributed by atoms with Crippen LogP contribution in [-0.2, 0) is 6.54 Å². The fourth-order valence-corrected chi connectivity index (χ4v) is 3.65. The molecule has 2 aliphatic heterocycles. The highest BCUT2D eigenvalue weighted by molar-refractivity contribution is 6.09. The second-order valence-corrected chi connectivity index (χ2v) is 7.11. The molecule has 3 aromatic rings. The van der Waals surface area contributed by atoms with Crippen molar-refractivity contribution < 1.29 is 4.79 Å². The van der Waals surface area contributed by atoms with Crippen LogP contribution in [0.15, 0.2) is 43.1 Å². The lowest BCUT2D eigenvalue weighted by atomic mass is 10.2. The van der Waals surface area contributed by atoms with Gasteiger partial charge >= 0.3 is 0 Å². The van der Waals surface area contributed by atoms with Crippen LogP contribution in [0.5, 0.6) is 0 Å². The van der Waals surface area contributed by atoms with Crippen molar-refractivity contribution in [2.24, 2.45) is 5.92 Å². The molecule has 1 saturated heterocycles. The van der Waals surface area contributed by atoms with Crippen LogP contribution in [0.2, 0.25) is 0 Å². The molecule has 1 atom stereocenters. The number of aromatic nitrogens is 5. The van der Waals surface area contributed by atoms with E-state index in [1.165, 1.54) is 6.42 Å². The Labute approximate surface area is 156 Å². The molecule has 1 fully saturated rings. The predicted molar refractivity (Wildman–Crippen MR) is 99.9 cm³/mol. The molecule has 2 aliphatic rings. The largest absolute Gasteiger partial charge is 0.355 e. The Hall–Kier alpha value is -3.29. The number of hydrogen-bond donors (Lipinski definition) is 0. The van der Waals surface area contributed by atoms with E-state index >= 15 is 0 Å². The Morgan fingerprint density at radius 2 is 2.00 bits per heavy atom. The van der Waals surface area contributed by atoms with Crippen LogP contribution in [0.3, 0.4) is 0 Å². The Bertz CT molecular complexity index is 983. The Kier molecular flexibility index (Phi) is 3.63. The van der Waals surface area contributed by atoms with Gasteiger partial charge in [0.1, 0.15) is 5.82 Å². The third-order valence-electron chi connectivity index (χ3n) is 5.14. The van der Waals surface area contributed by atoms with Gasteiger partial charge < -0.3 is 9.80 Å². The quantitative estimate of drug-likeness (QED) is 0.710. The number of hydrogen-bond acceptors (Lipinski definition) is 6. The molecule has 1 amide bonds. The summed E-state index contributed by atoms with van der Waals surface area (Å²) in [6, 6.07) is 3.69. The Morgan fingerprint density at radius 3 is 2.67 bits per heavy atom. The SMILES string of the molecule is C[C@H]1CCN(c2cnc(-n3cc4c(n3)CN(c3cccnc3)C4=O)cn2)C1. The zero-order chi connectivity index (χ0) is 18.4. The summed E-state index contributed by atoms with van der Waals surface area (Å²) in [5, 5.41) is 4.54. The van der Waals surface area contributed by atoms with E-state index in [1.54, 1.807) is 40.6 Å². The molecule has 8 heteroatoms. The van der Waals surface area contributed by atoms with E-state index in [1.807, 2.05) is 12.1 Å². The summed E-state index contributed by atoms with van der Waals surface area (Å²) in [4.78, 5) is 29.7. The molecule has 0 N–H and O–H groups in total. The highest BCUT2D eigenvalue weighted by Crippen LogP contribution is 2.27. The lowest BCUT2D eigenvalue weighted by Crippen LogP contribution is -2.24. The van der Waals surface area contributed by atoms with E-state index in [4.69, 9.17) is 0 Å². The van der Waals surface area contributed by atoms with Gasteiger partial charge in [-0.2, -0.15) is 5.10 Å². The van der Waals surface area contributed by atoms with Crippen molar-refractivity contribution in [1.29, 1.82) is 0 Å². The minimum Gasteiger partial charge on any atom is -0.355 e. The first-order chi connectivity index (χ1) is 13.2. The third-order valence-corrected chi connectivity index (χ3v) is 5.14. The maximum atomic E-state index is 12.7. The zero-order valence-corrected chi connectivity index (χ0v) is 15.0. The molecule has 0 spiro atoms. The van der Waals surface area contributed by atoms with Gasteiger partial charge in [0, 0.05) is 25.5 Å². The second-order valence-electron chi connectivity index (χ2n) is 7.11. The standard InChI is InChI=1S/C19H19N7O/c1-13-4-6-24(10-13)17-8-22-18(9-21-17)26-11-15-16(23-26)12-25(19(15)27)14-3-2-5-20-7-14/h2-3,5,7-9,11,13H,4,6,10,12H2,1H3/t13-/m0/s1. The van der Waals surface area contributed by atoms with Gasteiger partial charge in [-0.15, -0.1) is 0 Å². The summed E-state index contributed by atoms with van der Waals surface area (Å²) in [5.41, 5.74) is 2.11. The van der Waals surface area contributed by atoms with Crippen molar-refractivity contribution in [3.63, 3.8) is 0 Å². The van der Waals surface area contributed by atoms with Gasteiger partial charge in [0.2, 0.25) is 0 Å². The molecule has 5 rings (SSSR count). The van der Waals surface area contributed by atoms with Gasteiger partial charge in [-0.05, 0) is 24.5 Å². The van der Waals surface area contributed by atoms with Crippen molar-refractivity contribution in [3.8, 4) is 5.82 Å². The Balaban J connectivity index is 1.37. The van der Waals surface area contributed by atoms with Gasteiger partial charge in [-0.3, -0.25) is 9.78 Å². The molecule has 0 unspecified atom stereocenters.